The number of anilines is 1. The maximum Gasteiger partial charge on any atom is 0.187 e. The van der Waals surface area contributed by atoms with Gasteiger partial charge in [-0.25, -0.2) is 4.98 Å². The molecule has 0 saturated heterocycles. The van der Waals surface area contributed by atoms with Crippen molar-refractivity contribution in [2.45, 2.75) is 45.1 Å². The lowest BCUT2D eigenvalue weighted by molar-refractivity contribution is 0.112. The summed E-state index contributed by atoms with van der Waals surface area (Å²) < 4.78 is 0. The molecule has 1 aromatic heterocycles. The highest BCUT2D eigenvalue weighted by molar-refractivity contribution is 7.17. The van der Waals surface area contributed by atoms with Crippen molar-refractivity contribution in [3.05, 3.63) is 10.0 Å². The van der Waals surface area contributed by atoms with Crippen LogP contribution in [0.3, 0.4) is 0 Å². The summed E-state index contributed by atoms with van der Waals surface area (Å²) in [6, 6.07) is 0.565. The molecule has 94 valence electrons. The minimum Gasteiger partial charge on any atom is -0.345 e. The van der Waals surface area contributed by atoms with Crippen LogP contribution in [0.2, 0.25) is 5.15 Å². The Hall–Kier alpha value is -0.610. The van der Waals surface area contributed by atoms with Crippen LogP contribution >= 0.6 is 22.9 Å². The zero-order valence-electron chi connectivity index (χ0n) is 9.99. The van der Waals surface area contributed by atoms with Crippen molar-refractivity contribution in [2.24, 2.45) is 0 Å². The Kier molecular flexibility index (Phi) is 4.40. The smallest absolute Gasteiger partial charge is 0.187 e. The van der Waals surface area contributed by atoms with Gasteiger partial charge in [0.05, 0.1) is 0 Å². The highest BCUT2D eigenvalue weighted by atomic mass is 35.5. The van der Waals surface area contributed by atoms with E-state index in [-0.39, 0.29) is 0 Å². The Morgan fingerprint density at radius 3 is 2.71 bits per heavy atom. The molecule has 0 amide bonds. The summed E-state index contributed by atoms with van der Waals surface area (Å²) in [5, 5.41) is 1.24. The van der Waals surface area contributed by atoms with Crippen LogP contribution in [-0.4, -0.2) is 23.9 Å². The Labute approximate surface area is 111 Å². The first-order chi connectivity index (χ1) is 8.26. The molecule has 2 rings (SSSR count). The van der Waals surface area contributed by atoms with Gasteiger partial charge < -0.3 is 4.90 Å². The molecule has 1 fully saturated rings. The van der Waals surface area contributed by atoms with Gasteiger partial charge in [-0.2, -0.15) is 0 Å². The molecule has 1 aliphatic rings. The van der Waals surface area contributed by atoms with Crippen LogP contribution in [-0.2, 0) is 0 Å². The van der Waals surface area contributed by atoms with Crippen LogP contribution < -0.4 is 4.90 Å². The zero-order valence-corrected chi connectivity index (χ0v) is 11.6. The van der Waals surface area contributed by atoms with Crippen LogP contribution in [0.15, 0.2) is 0 Å². The third-order valence-corrected chi connectivity index (χ3v) is 4.73. The summed E-state index contributed by atoms with van der Waals surface area (Å²) in [6.45, 7) is 3.05. The van der Waals surface area contributed by atoms with Gasteiger partial charge in [0.1, 0.15) is 4.88 Å². The number of aldehydes is 1. The van der Waals surface area contributed by atoms with Gasteiger partial charge in [0.25, 0.3) is 0 Å². The summed E-state index contributed by atoms with van der Waals surface area (Å²) in [4.78, 5) is 17.9. The molecular formula is C12H17ClN2OS. The highest BCUT2D eigenvalue weighted by Crippen LogP contribution is 2.32. The molecule has 1 saturated carbocycles. The Morgan fingerprint density at radius 1 is 1.47 bits per heavy atom. The fourth-order valence-corrected chi connectivity index (χ4v) is 3.64. The fraction of sp³-hybridized carbons (Fsp3) is 0.667. The Morgan fingerprint density at radius 2 is 2.18 bits per heavy atom. The number of carbonyl (C=O) groups is 1. The van der Waals surface area contributed by atoms with Gasteiger partial charge in [-0.1, -0.05) is 42.2 Å². The second kappa shape index (κ2) is 5.83. The van der Waals surface area contributed by atoms with Crippen LogP contribution in [0.4, 0.5) is 5.13 Å². The van der Waals surface area contributed by atoms with Crippen molar-refractivity contribution in [3.63, 3.8) is 0 Å². The SMILES string of the molecule is CCN(c1nc(Cl)c(C=O)s1)C1CCCCC1. The van der Waals surface area contributed by atoms with Gasteiger partial charge in [0.2, 0.25) is 0 Å². The molecule has 0 spiro atoms. The molecule has 0 aliphatic heterocycles. The number of hydrogen-bond acceptors (Lipinski definition) is 4. The number of halogens is 1. The van der Waals surface area contributed by atoms with Crippen LogP contribution in [0.1, 0.15) is 48.7 Å². The summed E-state index contributed by atoms with van der Waals surface area (Å²) in [6.07, 6.45) is 7.16. The molecule has 1 heterocycles. The van der Waals surface area contributed by atoms with Gasteiger partial charge in [0.15, 0.2) is 16.6 Å². The van der Waals surface area contributed by atoms with Gasteiger partial charge in [-0.05, 0) is 19.8 Å². The van der Waals surface area contributed by atoms with E-state index < -0.39 is 0 Å². The third-order valence-electron chi connectivity index (χ3n) is 3.31. The summed E-state index contributed by atoms with van der Waals surface area (Å²) in [5.74, 6) is 0. The normalized spacial score (nSPS) is 17.1. The molecule has 0 aromatic carbocycles. The topological polar surface area (TPSA) is 33.2 Å². The number of aromatic nitrogens is 1. The molecular weight excluding hydrogens is 256 g/mol. The average molecular weight is 273 g/mol. The van der Waals surface area contributed by atoms with Crippen molar-refractivity contribution in [1.29, 1.82) is 0 Å². The standard InChI is InChI=1S/C12H17ClN2OS/c1-2-15(9-6-4-3-5-7-9)12-14-11(13)10(8-16)17-12/h8-9H,2-7H2,1H3. The van der Waals surface area contributed by atoms with E-state index in [1.807, 2.05) is 0 Å². The van der Waals surface area contributed by atoms with E-state index >= 15 is 0 Å². The molecule has 17 heavy (non-hydrogen) atoms. The second-order valence-corrected chi connectivity index (χ2v) is 5.71. The minimum absolute atomic E-state index is 0.342. The quantitative estimate of drug-likeness (QED) is 0.783. The number of rotatable bonds is 4. The lowest BCUT2D eigenvalue weighted by Crippen LogP contribution is -2.36. The third kappa shape index (κ3) is 2.80. The van der Waals surface area contributed by atoms with Crippen molar-refractivity contribution in [1.82, 2.24) is 4.98 Å². The first-order valence-electron chi connectivity index (χ1n) is 6.14. The van der Waals surface area contributed by atoms with E-state index in [1.54, 1.807) is 0 Å². The minimum atomic E-state index is 0.342. The van der Waals surface area contributed by atoms with Crippen molar-refractivity contribution in [2.75, 3.05) is 11.4 Å². The maximum atomic E-state index is 10.8. The Bertz CT molecular complexity index is 388. The molecule has 0 atom stereocenters. The monoisotopic (exact) mass is 272 g/mol. The summed E-state index contributed by atoms with van der Waals surface area (Å²) in [7, 11) is 0. The van der Waals surface area contributed by atoms with E-state index in [0.717, 1.165) is 18.0 Å². The lowest BCUT2D eigenvalue weighted by atomic mass is 9.94. The maximum absolute atomic E-state index is 10.8. The van der Waals surface area contributed by atoms with Crippen molar-refractivity contribution in [3.8, 4) is 0 Å². The van der Waals surface area contributed by atoms with Gasteiger partial charge in [-0.3, -0.25) is 4.79 Å². The summed E-state index contributed by atoms with van der Waals surface area (Å²) in [5.41, 5.74) is 0. The average Bonchev–Trinajstić information content (AvgIpc) is 2.73. The largest absolute Gasteiger partial charge is 0.345 e. The first-order valence-corrected chi connectivity index (χ1v) is 7.33. The predicted octanol–water partition coefficient (Wildman–Crippen LogP) is 3.77. The molecule has 0 N–H and O–H groups in total. The van der Waals surface area contributed by atoms with E-state index in [4.69, 9.17) is 11.6 Å². The molecule has 0 unspecified atom stereocenters. The molecule has 1 aromatic rings. The van der Waals surface area contributed by atoms with Crippen molar-refractivity contribution < 1.29 is 4.79 Å². The fourth-order valence-electron chi connectivity index (χ4n) is 2.44. The van der Waals surface area contributed by atoms with Crippen LogP contribution in [0, 0.1) is 0 Å². The molecule has 5 heteroatoms. The van der Waals surface area contributed by atoms with E-state index in [1.165, 1.54) is 43.4 Å². The number of nitrogens with zero attached hydrogens (tertiary/aromatic N) is 2. The van der Waals surface area contributed by atoms with E-state index in [9.17, 15) is 4.79 Å². The van der Waals surface area contributed by atoms with Gasteiger partial charge >= 0.3 is 0 Å². The molecule has 1 aliphatic carbocycles. The van der Waals surface area contributed by atoms with E-state index in [2.05, 4.69) is 16.8 Å². The predicted molar refractivity (Wildman–Crippen MR) is 72.4 cm³/mol. The van der Waals surface area contributed by atoms with Crippen LogP contribution in [0.25, 0.3) is 0 Å². The number of thiazole rings is 1. The van der Waals surface area contributed by atoms with Gasteiger partial charge in [-0.15, -0.1) is 0 Å². The number of carbonyl (C=O) groups excluding carboxylic acids is 1. The summed E-state index contributed by atoms with van der Waals surface area (Å²) >= 11 is 7.33. The lowest BCUT2D eigenvalue weighted by Gasteiger charge is -2.33. The van der Waals surface area contributed by atoms with E-state index in [0.29, 0.717) is 16.1 Å². The Balaban J connectivity index is 2.18. The number of hydrogen-bond donors (Lipinski definition) is 0. The van der Waals surface area contributed by atoms with Crippen molar-refractivity contribution >= 4 is 34.4 Å². The van der Waals surface area contributed by atoms with Crippen LogP contribution in [0.5, 0.6) is 0 Å². The molecule has 3 nitrogen and oxygen atoms in total. The molecule has 0 radical (unpaired) electrons. The first kappa shape index (κ1) is 12.8. The molecule has 0 bridgehead atoms. The second-order valence-electron chi connectivity index (χ2n) is 4.35. The van der Waals surface area contributed by atoms with Gasteiger partial charge in [0, 0.05) is 12.6 Å². The zero-order chi connectivity index (χ0) is 12.3. The highest BCUT2D eigenvalue weighted by Gasteiger charge is 2.23.